The minimum atomic E-state index is -1.38. The lowest BCUT2D eigenvalue weighted by Crippen LogP contribution is -2.51. The zero-order valence-corrected chi connectivity index (χ0v) is 15.2. The number of nitrogens with two attached hydrogens (primary N) is 2. The molecule has 0 atom stereocenters. The third-order valence-electron chi connectivity index (χ3n) is 3.31. The molecule has 0 saturated carbocycles. The molecule has 0 aliphatic rings. The number of esters is 1. The van der Waals surface area contributed by atoms with E-state index in [-0.39, 0.29) is 19.0 Å². The highest BCUT2D eigenvalue weighted by Gasteiger charge is 2.16. The van der Waals surface area contributed by atoms with Crippen LogP contribution in [0.5, 0.6) is 0 Å². The second-order valence-corrected chi connectivity index (χ2v) is 6.02. The van der Waals surface area contributed by atoms with Gasteiger partial charge in [0.2, 0.25) is 5.85 Å². The summed E-state index contributed by atoms with van der Waals surface area (Å²) in [6.45, 7) is 4.70. The fraction of sp³-hybridized carbons (Fsp3) is 0.938. The van der Waals surface area contributed by atoms with Crippen LogP contribution in [0.25, 0.3) is 0 Å². The highest BCUT2D eigenvalue weighted by Crippen LogP contribution is 2.10. The number of rotatable bonds is 14. The molecule has 5 N–H and O–H groups in total. The molecule has 0 aromatic rings. The van der Waals surface area contributed by atoms with Gasteiger partial charge < -0.3 is 10.1 Å². The van der Waals surface area contributed by atoms with Crippen LogP contribution < -0.4 is 16.8 Å². The molecule has 0 aliphatic carbocycles. The molecule has 0 amide bonds. The van der Waals surface area contributed by atoms with E-state index in [9.17, 15) is 4.79 Å². The molecule has 0 unspecified atom stereocenters. The van der Waals surface area contributed by atoms with E-state index in [1.54, 1.807) is 0 Å². The monoisotopic (exact) mass is 337 g/mol. The first-order chi connectivity index (χ1) is 9.95. The maximum Gasteiger partial charge on any atom is 0.322 e. The van der Waals surface area contributed by atoms with Gasteiger partial charge in [0.15, 0.2) is 0 Å². The first-order valence-electron chi connectivity index (χ1n) is 8.46. The predicted octanol–water partition coefficient (Wildman–Crippen LogP) is 3.05. The lowest BCUT2D eigenvalue weighted by atomic mass is 10.1. The SMILES string of the molecule is CCCCCCCCCCCCNCC(=O)OC(C)(N)N.Cl. The van der Waals surface area contributed by atoms with Gasteiger partial charge in [-0.3, -0.25) is 16.3 Å². The van der Waals surface area contributed by atoms with Crippen LogP contribution in [0.4, 0.5) is 0 Å². The quantitative estimate of drug-likeness (QED) is 0.257. The molecule has 0 radical (unpaired) electrons. The number of unbranched alkanes of at least 4 members (excludes halogenated alkanes) is 9. The molecule has 134 valence electrons. The van der Waals surface area contributed by atoms with E-state index >= 15 is 0 Å². The Balaban J connectivity index is 0. The molecule has 0 aliphatic heterocycles. The van der Waals surface area contributed by atoms with Crippen LogP contribution in [0.3, 0.4) is 0 Å². The molecule has 0 heterocycles. The summed E-state index contributed by atoms with van der Waals surface area (Å²) in [6.07, 6.45) is 13.1. The van der Waals surface area contributed by atoms with Crippen molar-refractivity contribution in [2.45, 2.75) is 83.9 Å². The van der Waals surface area contributed by atoms with Crippen molar-refractivity contribution < 1.29 is 9.53 Å². The van der Waals surface area contributed by atoms with Gasteiger partial charge in [-0.25, -0.2) is 0 Å². The largest absolute Gasteiger partial charge is 0.430 e. The third kappa shape index (κ3) is 19.6. The number of nitrogens with one attached hydrogen (secondary N) is 1. The van der Waals surface area contributed by atoms with Gasteiger partial charge in [-0.05, 0) is 13.0 Å². The molecule has 22 heavy (non-hydrogen) atoms. The van der Waals surface area contributed by atoms with Crippen LogP contribution in [0, 0.1) is 0 Å². The maximum atomic E-state index is 11.3. The number of carbonyl (C=O) groups is 1. The van der Waals surface area contributed by atoms with Gasteiger partial charge in [0, 0.05) is 6.92 Å². The average Bonchev–Trinajstić information content (AvgIpc) is 2.38. The van der Waals surface area contributed by atoms with E-state index in [1.807, 2.05) is 0 Å². The van der Waals surface area contributed by atoms with Crippen molar-refractivity contribution in [2.75, 3.05) is 13.1 Å². The summed E-state index contributed by atoms with van der Waals surface area (Å²) < 4.78 is 4.79. The molecule has 0 spiro atoms. The Morgan fingerprint density at radius 1 is 0.955 bits per heavy atom. The summed E-state index contributed by atoms with van der Waals surface area (Å²) in [6, 6.07) is 0. The van der Waals surface area contributed by atoms with Gasteiger partial charge in [0.25, 0.3) is 0 Å². The van der Waals surface area contributed by atoms with E-state index in [0.717, 1.165) is 13.0 Å². The summed E-state index contributed by atoms with van der Waals surface area (Å²) in [5.74, 6) is -1.79. The minimum absolute atomic E-state index is 0. The van der Waals surface area contributed by atoms with Crippen LogP contribution in [0.2, 0.25) is 0 Å². The fourth-order valence-electron chi connectivity index (χ4n) is 2.21. The Kier molecular flexibility index (Phi) is 16.9. The zero-order valence-electron chi connectivity index (χ0n) is 14.4. The minimum Gasteiger partial charge on any atom is -0.430 e. The molecule has 0 aromatic heterocycles. The van der Waals surface area contributed by atoms with E-state index < -0.39 is 11.8 Å². The first kappa shape index (κ1) is 23.9. The second kappa shape index (κ2) is 15.5. The third-order valence-corrected chi connectivity index (χ3v) is 3.31. The van der Waals surface area contributed by atoms with Gasteiger partial charge >= 0.3 is 5.97 Å². The Labute approximate surface area is 142 Å². The fourth-order valence-corrected chi connectivity index (χ4v) is 2.21. The van der Waals surface area contributed by atoms with E-state index in [1.165, 1.54) is 64.7 Å². The molecule has 0 aromatic carbocycles. The number of ether oxygens (including phenoxy) is 1. The van der Waals surface area contributed by atoms with Crippen LogP contribution in [-0.4, -0.2) is 24.9 Å². The van der Waals surface area contributed by atoms with Crippen molar-refractivity contribution in [2.24, 2.45) is 11.5 Å². The lowest BCUT2D eigenvalue weighted by Gasteiger charge is -2.19. The zero-order chi connectivity index (χ0) is 16.0. The Morgan fingerprint density at radius 3 is 1.86 bits per heavy atom. The van der Waals surface area contributed by atoms with E-state index in [0.29, 0.717) is 0 Å². The van der Waals surface area contributed by atoms with Crippen LogP contribution in [-0.2, 0) is 9.53 Å². The molecule has 0 saturated heterocycles. The molecular formula is C16H36ClN3O2. The van der Waals surface area contributed by atoms with Crippen molar-refractivity contribution in [3.05, 3.63) is 0 Å². The maximum absolute atomic E-state index is 11.3. The van der Waals surface area contributed by atoms with Gasteiger partial charge in [-0.15, -0.1) is 12.4 Å². The molecular weight excluding hydrogens is 302 g/mol. The van der Waals surface area contributed by atoms with Gasteiger partial charge in [0.05, 0.1) is 6.54 Å². The predicted molar refractivity (Wildman–Crippen MR) is 94.8 cm³/mol. The Hall–Kier alpha value is -0.360. The number of carbonyl (C=O) groups excluding carboxylic acids is 1. The summed E-state index contributed by atoms with van der Waals surface area (Å²) in [4.78, 5) is 11.3. The summed E-state index contributed by atoms with van der Waals surface area (Å²) in [7, 11) is 0. The van der Waals surface area contributed by atoms with Crippen molar-refractivity contribution in [1.29, 1.82) is 0 Å². The topological polar surface area (TPSA) is 90.4 Å². The van der Waals surface area contributed by atoms with Crippen LogP contribution >= 0.6 is 12.4 Å². The van der Waals surface area contributed by atoms with Crippen molar-refractivity contribution in [1.82, 2.24) is 5.32 Å². The van der Waals surface area contributed by atoms with Crippen molar-refractivity contribution in [3.8, 4) is 0 Å². The Morgan fingerprint density at radius 2 is 1.41 bits per heavy atom. The summed E-state index contributed by atoms with van der Waals surface area (Å²) >= 11 is 0. The van der Waals surface area contributed by atoms with Crippen LogP contribution in [0.15, 0.2) is 0 Å². The second-order valence-electron chi connectivity index (χ2n) is 6.02. The molecule has 0 fully saturated rings. The highest BCUT2D eigenvalue weighted by atomic mass is 35.5. The van der Waals surface area contributed by atoms with E-state index in [4.69, 9.17) is 16.2 Å². The van der Waals surface area contributed by atoms with Gasteiger partial charge in [-0.2, -0.15) is 0 Å². The molecule has 6 heteroatoms. The van der Waals surface area contributed by atoms with Crippen molar-refractivity contribution in [3.63, 3.8) is 0 Å². The average molecular weight is 338 g/mol. The van der Waals surface area contributed by atoms with E-state index in [2.05, 4.69) is 12.2 Å². The molecule has 0 bridgehead atoms. The smallest absolute Gasteiger partial charge is 0.322 e. The normalized spacial score (nSPS) is 11.1. The van der Waals surface area contributed by atoms with Crippen molar-refractivity contribution >= 4 is 18.4 Å². The molecule has 5 nitrogen and oxygen atoms in total. The standard InChI is InChI=1S/C16H35N3O2.ClH/c1-3-4-5-6-7-8-9-10-11-12-13-19-14-15(20)21-16(2,17)18;/h19H,3-14,17-18H2,1-2H3;1H. The highest BCUT2D eigenvalue weighted by molar-refractivity contribution is 5.85. The number of hydrogen-bond acceptors (Lipinski definition) is 5. The number of hydrogen-bond donors (Lipinski definition) is 3. The Bertz CT molecular complexity index is 258. The van der Waals surface area contributed by atoms with Gasteiger partial charge in [-0.1, -0.05) is 64.7 Å². The summed E-state index contributed by atoms with van der Waals surface area (Å²) in [5, 5.41) is 3.05. The van der Waals surface area contributed by atoms with Gasteiger partial charge in [0.1, 0.15) is 0 Å². The van der Waals surface area contributed by atoms with Crippen LogP contribution in [0.1, 0.15) is 78.1 Å². The summed E-state index contributed by atoms with van der Waals surface area (Å²) in [5.41, 5.74) is 10.8. The molecule has 0 rings (SSSR count). The lowest BCUT2D eigenvalue weighted by molar-refractivity contribution is -0.155. The first-order valence-corrected chi connectivity index (χ1v) is 8.46. The number of halogens is 1.